The first kappa shape index (κ1) is 15.5. The molecule has 0 radical (unpaired) electrons. The summed E-state index contributed by atoms with van der Waals surface area (Å²) in [6.45, 7) is 5.33. The number of aryl methyl sites for hydroxylation is 1. The predicted octanol–water partition coefficient (Wildman–Crippen LogP) is 1.89. The van der Waals surface area contributed by atoms with Gasteiger partial charge >= 0.3 is 0 Å². The molecule has 1 spiro atoms. The first-order valence-electron chi connectivity index (χ1n) is 8.82. The van der Waals surface area contributed by atoms with Gasteiger partial charge in [0, 0.05) is 31.1 Å². The third-order valence-electron chi connectivity index (χ3n) is 5.45. The van der Waals surface area contributed by atoms with Gasteiger partial charge in [-0.3, -0.25) is 15.3 Å². The lowest BCUT2D eigenvalue weighted by Gasteiger charge is -2.44. The van der Waals surface area contributed by atoms with E-state index in [4.69, 9.17) is 0 Å². The standard InChI is InChI=1S/C19H25N5/c1-15-4-2-9-22-17(15)12-18-23-14-19(6-10-20-11-7-19)24(18)16-5-3-8-21-13-16/h2-5,8-9,13,18,20,23H,6-7,10-12,14H2,1H3. The molecule has 126 valence electrons. The minimum absolute atomic E-state index is 0.182. The van der Waals surface area contributed by atoms with Gasteiger partial charge in [0.05, 0.1) is 23.6 Å². The van der Waals surface area contributed by atoms with Crippen molar-refractivity contribution in [2.24, 2.45) is 0 Å². The minimum atomic E-state index is 0.182. The van der Waals surface area contributed by atoms with Gasteiger partial charge in [0.1, 0.15) is 0 Å². The highest BCUT2D eigenvalue weighted by Gasteiger charge is 2.46. The largest absolute Gasteiger partial charge is 0.347 e. The summed E-state index contributed by atoms with van der Waals surface area (Å²) in [7, 11) is 0. The molecule has 0 saturated carbocycles. The van der Waals surface area contributed by atoms with Crippen molar-refractivity contribution in [1.82, 2.24) is 20.6 Å². The molecule has 2 aromatic rings. The highest BCUT2D eigenvalue weighted by Crippen LogP contribution is 2.37. The molecule has 0 aliphatic carbocycles. The van der Waals surface area contributed by atoms with E-state index in [2.05, 4.69) is 44.6 Å². The van der Waals surface area contributed by atoms with Gasteiger partial charge in [0.2, 0.25) is 0 Å². The number of aromatic nitrogens is 2. The quantitative estimate of drug-likeness (QED) is 0.903. The second-order valence-corrected chi connectivity index (χ2v) is 6.92. The van der Waals surface area contributed by atoms with E-state index in [1.54, 1.807) is 0 Å². The fraction of sp³-hybridized carbons (Fsp3) is 0.474. The smallest absolute Gasteiger partial charge is 0.0859 e. The van der Waals surface area contributed by atoms with E-state index in [9.17, 15) is 0 Å². The molecule has 2 fully saturated rings. The van der Waals surface area contributed by atoms with Crippen LogP contribution >= 0.6 is 0 Å². The molecule has 4 heterocycles. The second-order valence-electron chi connectivity index (χ2n) is 6.92. The Bertz CT molecular complexity index is 681. The van der Waals surface area contributed by atoms with Crippen LogP contribution in [-0.4, -0.2) is 41.3 Å². The Morgan fingerprint density at radius 1 is 1.21 bits per heavy atom. The first-order chi connectivity index (χ1) is 11.8. The monoisotopic (exact) mass is 323 g/mol. The maximum Gasteiger partial charge on any atom is 0.0859 e. The van der Waals surface area contributed by atoms with E-state index in [1.165, 1.54) is 16.9 Å². The Morgan fingerprint density at radius 3 is 2.79 bits per heavy atom. The highest BCUT2D eigenvalue weighted by atomic mass is 15.4. The lowest BCUT2D eigenvalue weighted by Crippen LogP contribution is -2.55. The third kappa shape index (κ3) is 2.78. The van der Waals surface area contributed by atoms with Gasteiger partial charge in [-0.05, 0) is 56.6 Å². The number of nitrogens with zero attached hydrogens (tertiary/aromatic N) is 3. The summed E-state index contributed by atoms with van der Waals surface area (Å²) in [5.41, 5.74) is 3.83. The maximum atomic E-state index is 4.61. The van der Waals surface area contributed by atoms with Crippen molar-refractivity contribution in [3.05, 3.63) is 54.1 Å². The number of pyridine rings is 2. The van der Waals surface area contributed by atoms with E-state index >= 15 is 0 Å². The first-order valence-corrected chi connectivity index (χ1v) is 8.82. The van der Waals surface area contributed by atoms with Crippen molar-refractivity contribution in [3.8, 4) is 0 Å². The molecular formula is C19H25N5. The van der Waals surface area contributed by atoms with Crippen LogP contribution in [0.5, 0.6) is 0 Å². The van der Waals surface area contributed by atoms with Gasteiger partial charge in [-0.15, -0.1) is 0 Å². The molecule has 1 unspecified atom stereocenters. The number of nitrogens with one attached hydrogen (secondary N) is 2. The number of hydrogen-bond donors (Lipinski definition) is 2. The Kier molecular flexibility index (Phi) is 4.21. The van der Waals surface area contributed by atoms with Crippen molar-refractivity contribution >= 4 is 5.69 Å². The van der Waals surface area contributed by atoms with Crippen molar-refractivity contribution in [2.45, 2.75) is 37.9 Å². The average Bonchev–Trinajstić information content (AvgIpc) is 2.96. The molecule has 2 aliphatic heterocycles. The summed E-state index contributed by atoms with van der Waals surface area (Å²) < 4.78 is 0. The second kappa shape index (κ2) is 6.49. The third-order valence-corrected chi connectivity index (χ3v) is 5.45. The fourth-order valence-electron chi connectivity index (χ4n) is 4.15. The zero-order chi connectivity index (χ0) is 16.4. The van der Waals surface area contributed by atoms with Gasteiger partial charge in [-0.1, -0.05) is 6.07 Å². The highest BCUT2D eigenvalue weighted by molar-refractivity contribution is 5.51. The van der Waals surface area contributed by atoms with E-state index in [0.717, 1.165) is 38.9 Å². The Balaban J connectivity index is 1.67. The molecule has 0 aromatic carbocycles. The van der Waals surface area contributed by atoms with Crippen LogP contribution in [0, 0.1) is 6.92 Å². The molecule has 2 aliphatic rings. The molecular weight excluding hydrogens is 298 g/mol. The van der Waals surface area contributed by atoms with Crippen molar-refractivity contribution in [2.75, 3.05) is 24.5 Å². The molecule has 24 heavy (non-hydrogen) atoms. The Morgan fingerprint density at radius 2 is 2.04 bits per heavy atom. The van der Waals surface area contributed by atoms with Gasteiger partial charge in [-0.25, -0.2) is 0 Å². The van der Waals surface area contributed by atoms with E-state index < -0.39 is 0 Å². The minimum Gasteiger partial charge on any atom is -0.347 e. The summed E-state index contributed by atoms with van der Waals surface area (Å²) in [6.07, 6.45) is 9.23. The van der Waals surface area contributed by atoms with Crippen LogP contribution in [0.4, 0.5) is 5.69 Å². The lowest BCUT2D eigenvalue weighted by molar-refractivity contribution is 0.321. The molecule has 0 amide bonds. The van der Waals surface area contributed by atoms with Gasteiger partial charge in [-0.2, -0.15) is 0 Å². The van der Waals surface area contributed by atoms with Crippen LogP contribution in [0.15, 0.2) is 42.9 Å². The van der Waals surface area contributed by atoms with Crippen LogP contribution in [0.25, 0.3) is 0 Å². The fourth-order valence-corrected chi connectivity index (χ4v) is 4.15. The normalized spacial score (nSPS) is 22.9. The van der Waals surface area contributed by atoms with Crippen molar-refractivity contribution in [3.63, 3.8) is 0 Å². The average molecular weight is 323 g/mol. The van der Waals surface area contributed by atoms with Crippen molar-refractivity contribution < 1.29 is 0 Å². The van der Waals surface area contributed by atoms with Gasteiger partial charge in [0.25, 0.3) is 0 Å². The van der Waals surface area contributed by atoms with Gasteiger partial charge in [0.15, 0.2) is 0 Å². The van der Waals surface area contributed by atoms with E-state index in [-0.39, 0.29) is 11.7 Å². The molecule has 0 bridgehead atoms. The molecule has 2 N–H and O–H groups in total. The number of rotatable bonds is 3. The zero-order valence-corrected chi connectivity index (χ0v) is 14.2. The number of anilines is 1. The maximum absolute atomic E-state index is 4.61. The van der Waals surface area contributed by atoms with E-state index in [1.807, 2.05) is 30.7 Å². The molecule has 4 rings (SSSR count). The van der Waals surface area contributed by atoms with Crippen LogP contribution < -0.4 is 15.5 Å². The van der Waals surface area contributed by atoms with Crippen LogP contribution in [0.1, 0.15) is 24.1 Å². The summed E-state index contributed by atoms with van der Waals surface area (Å²) in [5.74, 6) is 0. The summed E-state index contributed by atoms with van der Waals surface area (Å²) in [6, 6.07) is 8.37. The van der Waals surface area contributed by atoms with Crippen LogP contribution in [0.3, 0.4) is 0 Å². The van der Waals surface area contributed by atoms with E-state index in [0.29, 0.717) is 0 Å². The summed E-state index contributed by atoms with van der Waals surface area (Å²) in [4.78, 5) is 11.6. The molecule has 5 heteroatoms. The SMILES string of the molecule is Cc1cccnc1CC1NCC2(CCNCC2)N1c1cccnc1. The number of hydrogen-bond acceptors (Lipinski definition) is 5. The topological polar surface area (TPSA) is 53.1 Å². The Labute approximate surface area is 143 Å². The van der Waals surface area contributed by atoms with Gasteiger partial charge < -0.3 is 10.2 Å². The molecule has 1 atom stereocenters. The number of piperidine rings is 1. The predicted molar refractivity (Wildman–Crippen MR) is 96.0 cm³/mol. The zero-order valence-electron chi connectivity index (χ0n) is 14.2. The summed E-state index contributed by atoms with van der Waals surface area (Å²) in [5, 5.41) is 7.27. The Hall–Kier alpha value is -1.98. The lowest BCUT2D eigenvalue weighted by atomic mass is 9.87. The van der Waals surface area contributed by atoms with Crippen molar-refractivity contribution in [1.29, 1.82) is 0 Å². The van der Waals surface area contributed by atoms with Crippen LogP contribution in [0.2, 0.25) is 0 Å². The molecule has 2 saturated heterocycles. The summed E-state index contributed by atoms with van der Waals surface area (Å²) >= 11 is 0. The van der Waals surface area contributed by atoms with Crippen LogP contribution in [-0.2, 0) is 6.42 Å². The molecule has 2 aromatic heterocycles. The molecule has 5 nitrogen and oxygen atoms in total.